The van der Waals surface area contributed by atoms with Gasteiger partial charge in [-0.05, 0) is 18.1 Å². The van der Waals surface area contributed by atoms with Crippen molar-refractivity contribution in [2.75, 3.05) is 7.11 Å². The van der Waals surface area contributed by atoms with Crippen LogP contribution in [-0.2, 0) is 20.7 Å². The first kappa shape index (κ1) is 16.7. The van der Waals surface area contributed by atoms with Crippen LogP contribution in [0.15, 0.2) is 27.3 Å². The Balaban J connectivity index is 1.88. The number of esters is 1. The Hall–Kier alpha value is -2.64. The SMILES string of the molecule is COC(=O)C(NC(=O)CCc1nc(-c2ccco2)no1)C(C)C. The van der Waals surface area contributed by atoms with Gasteiger partial charge in [-0.25, -0.2) is 4.79 Å². The maximum absolute atomic E-state index is 12.0. The molecule has 0 radical (unpaired) electrons. The van der Waals surface area contributed by atoms with E-state index in [1.807, 2.05) is 13.8 Å². The molecule has 2 aromatic heterocycles. The van der Waals surface area contributed by atoms with Crippen LogP contribution in [0.2, 0.25) is 0 Å². The van der Waals surface area contributed by atoms with Gasteiger partial charge in [0.05, 0.1) is 13.4 Å². The van der Waals surface area contributed by atoms with Crippen molar-refractivity contribution in [1.82, 2.24) is 15.5 Å². The Morgan fingerprint density at radius 3 is 2.78 bits per heavy atom. The van der Waals surface area contributed by atoms with E-state index in [4.69, 9.17) is 8.94 Å². The molecule has 1 unspecified atom stereocenters. The molecule has 2 aromatic rings. The van der Waals surface area contributed by atoms with Gasteiger partial charge in [0.1, 0.15) is 6.04 Å². The highest BCUT2D eigenvalue weighted by atomic mass is 16.5. The highest BCUT2D eigenvalue weighted by Gasteiger charge is 2.25. The average molecular weight is 321 g/mol. The topological polar surface area (TPSA) is 107 Å². The number of aryl methyl sites for hydroxylation is 1. The number of hydrogen-bond acceptors (Lipinski definition) is 7. The molecule has 0 aromatic carbocycles. The van der Waals surface area contributed by atoms with Crippen LogP contribution in [0, 0.1) is 5.92 Å². The first-order valence-electron chi connectivity index (χ1n) is 7.25. The maximum Gasteiger partial charge on any atom is 0.328 e. The molecule has 23 heavy (non-hydrogen) atoms. The van der Waals surface area contributed by atoms with Crippen LogP contribution in [0.4, 0.5) is 0 Å². The Labute approximate surface area is 133 Å². The molecule has 1 atom stereocenters. The Kier molecular flexibility index (Phi) is 5.51. The first-order valence-corrected chi connectivity index (χ1v) is 7.25. The van der Waals surface area contributed by atoms with Gasteiger partial charge in [-0.15, -0.1) is 0 Å². The summed E-state index contributed by atoms with van der Waals surface area (Å²) < 4.78 is 14.9. The van der Waals surface area contributed by atoms with Crippen LogP contribution in [0.5, 0.6) is 0 Å². The van der Waals surface area contributed by atoms with Gasteiger partial charge in [-0.1, -0.05) is 19.0 Å². The van der Waals surface area contributed by atoms with E-state index < -0.39 is 12.0 Å². The summed E-state index contributed by atoms with van der Waals surface area (Å²) in [6.45, 7) is 3.66. The molecule has 8 nitrogen and oxygen atoms in total. The van der Waals surface area contributed by atoms with Crippen LogP contribution in [-0.4, -0.2) is 35.2 Å². The van der Waals surface area contributed by atoms with Gasteiger partial charge in [-0.2, -0.15) is 4.98 Å². The lowest BCUT2D eigenvalue weighted by molar-refractivity contribution is -0.146. The first-order chi connectivity index (χ1) is 11.0. The number of ether oxygens (including phenoxy) is 1. The van der Waals surface area contributed by atoms with E-state index in [-0.39, 0.29) is 24.7 Å². The number of carbonyl (C=O) groups is 2. The zero-order valence-electron chi connectivity index (χ0n) is 13.2. The lowest BCUT2D eigenvalue weighted by atomic mass is 10.0. The second kappa shape index (κ2) is 7.57. The van der Waals surface area contributed by atoms with E-state index in [0.717, 1.165) is 0 Å². The lowest BCUT2D eigenvalue weighted by Gasteiger charge is -2.19. The van der Waals surface area contributed by atoms with E-state index in [1.54, 1.807) is 12.1 Å². The van der Waals surface area contributed by atoms with Crippen molar-refractivity contribution in [2.45, 2.75) is 32.7 Å². The molecule has 124 valence electrons. The molecule has 0 fully saturated rings. The number of carbonyl (C=O) groups excluding carboxylic acids is 2. The van der Waals surface area contributed by atoms with Gasteiger partial charge in [0, 0.05) is 12.8 Å². The number of hydrogen-bond donors (Lipinski definition) is 1. The van der Waals surface area contributed by atoms with Crippen molar-refractivity contribution in [1.29, 1.82) is 0 Å². The fraction of sp³-hybridized carbons (Fsp3) is 0.467. The Bertz CT molecular complexity index is 648. The average Bonchev–Trinajstić information content (AvgIpc) is 3.20. The highest BCUT2D eigenvalue weighted by Crippen LogP contribution is 2.16. The Morgan fingerprint density at radius 1 is 1.39 bits per heavy atom. The Morgan fingerprint density at radius 2 is 2.17 bits per heavy atom. The summed E-state index contributed by atoms with van der Waals surface area (Å²) in [6, 6.07) is 2.76. The fourth-order valence-corrected chi connectivity index (χ4v) is 1.95. The second-order valence-electron chi connectivity index (χ2n) is 5.30. The lowest BCUT2D eigenvalue weighted by Crippen LogP contribution is -2.45. The molecular formula is C15H19N3O5. The number of nitrogens with zero attached hydrogens (tertiary/aromatic N) is 2. The molecule has 2 rings (SSSR count). The van der Waals surface area contributed by atoms with E-state index >= 15 is 0 Å². The summed E-state index contributed by atoms with van der Waals surface area (Å²) in [5.74, 6) is 0.333. The van der Waals surface area contributed by atoms with Gasteiger partial charge >= 0.3 is 5.97 Å². The minimum absolute atomic E-state index is 0.0691. The molecule has 2 heterocycles. The van der Waals surface area contributed by atoms with E-state index in [9.17, 15) is 9.59 Å². The normalized spacial score (nSPS) is 12.2. The molecule has 0 spiro atoms. The largest absolute Gasteiger partial charge is 0.467 e. The van der Waals surface area contributed by atoms with Crippen molar-refractivity contribution in [3.05, 3.63) is 24.3 Å². The van der Waals surface area contributed by atoms with Crippen molar-refractivity contribution in [3.63, 3.8) is 0 Å². The van der Waals surface area contributed by atoms with Crippen molar-refractivity contribution in [3.8, 4) is 11.6 Å². The van der Waals surface area contributed by atoms with Crippen LogP contribution >= 0.6 is 0 Å². The number of nitrogens with one attached hydrogen (secondary N) is 1. The maximum atomic E-state index is 12.0. The molecular weight excluding hydrogens is 302 g/mol. The summed E-state index contributed by atoms with van der Waals surface area (Å²) in [5, 5.41) is 6.43. The number of methoxy groups -OCH3 is 1. The summed E-state index contributed by atoms with van der Waals surface area (Å²) in [5.41, 5.74) is 0. The van der Waals surface area contributed by atoms with E-state index in [2.05, 4.69) is 20.2 Å². The minimum atomic E-state index is -0.672. The third-order valence-electron chi connectivity index (χ3n) is 3.21. The van der Waals surface area contributed by atoms with Gasteiger partial charge in [0.15, 0.2) is 5.76 Å². The van der Waals surface area contributed by atoms with Gasteiger partial charge in [-0.3, -0.25) is 4.79 Å². The minimum Gasteiger partial charge on any atom is -0.467 e. The number of rotatable bonds is 7. The van der Waals surface area contributed by atoms with Crippen molar-refractivity contribution in [2.24, 2.45) is 5.92 Å². The standard InChI is InChI=1S/C15H19N3O5/c1-9(2)13(15(20)21-3)16-11(19)6-7-12-17-14(18-23-12)10-5-4-8-22-10/h4-5,8-9,13H,6-7H2,1-3H3,(H,16,19). The molecule has 0 saturated heterocycles. The summed E-state index contributed by atoms with van der Waals surface area (Å²) >= 11 is 0. The predicted octanol–water partition coefficient (Wildman–Crippen LogP) is 1.58. The van der Waals surface area contributed by atoms with Crippen molar-refractivity contribution >= 4 is 11.9 Å². The third-order valence-corrected chi connectivity index (χ3v) is 3.21. The van der Waals surface area contributed by atoms with Crippen LogP contribution in [0.25, 0.3) is 11.6 Å². The molecule has 1 amide bonds. The molecule has 0 aliphatic heterocycles. The van der Waals surface area contributed by atoms with E-state index in [1.165, 1.54) is 13.4 Å². The zero-order chi connectivity index (χ0) is 16.8. The molecule has 0 saturated carbocycles. The third kappa shape index (κ3) is 4.41. The van der Waals surface area contributed by atoms with Gasteiger partial charge in [0.2, 0.25) is 17.6 Å². The molecule has 0 aliphatic rings. The summed E-state index contributed by atoms with van der Waals surface area (Å²) in [6.07, 6.45) is 1.91. The smallest absolute Gasteiger partial charge is 0.328 e. The molecule has 0 aliphatic carbocycles. The van der Waals surface area contributed by atoms with Crippen LogP contribution in [0.1, 0.15) is 26.2 Å². The predicted molar refractivity (Wildman–Crippen MR) is 79.1 cm³/mol. The van der Waals surface area contributed by atoms with Gasteiger partial charge in [0.25, 0.3) is 0 Å². The van der Waals surface area contributed by atoms with Crippen molar-refractivity contribution < 1.29 is 23.3 Å². The number of furan rings is 1. The monoisotopic (exact) mass is 321 g/mol. The second-order valence-corrected chi connectivity index (χ2v) is 5.30. The molecule has 0 bridgehead atoms. The van der Waals surface area contributed by atoms with Gasteiger partial charge < -0.3 is 19.0 Å². The van der Waals surface area contributed by atoms with E-state index in [0.29, 0.717) is 17.5 Å². The quantitative estimate of drug-likeness (QED) is 0.771. The summed E-state index contributed by atoms with van der Waals surface area (Å²) in [7, 11) is 1.29. The molecule has 1 N–H and O–H groups in total. The highest BCUT2D eigenvalue weighted by molar-refractivity contribution is 5.84. The fourth-order valence-electron chi connectivity index (χ4n) is 1.95. The number of amides is 1. The van der Waals surface area contributed by atoms with Crippen LogP contribution in [0.3, 0.4) is 0 Å². The zero-order valence-corrected chi connectivity index (χ0v) is 13.2. The number of aromatic nitrogens is 2. The molecule has 8 heteroatoms. The van der Waals surface area contributed by atoms with Crippen LogP contribution < -0.4 is 5.32 Å². The summed E-state index contributed by atoms with van der Waals surface area (Å²) in [4.78, 5) is 27.7.